The summed E-state index contributed by atoms with van der Waals surface area (Å²) in [6.07, 6.45) is 0.954. The summed E-state index contributed by atoms with van der Waals surface area (Å²) in [5.74, 6) is -0.871. The highest BCUT2D eigenvalue weighted by Crippen LogP contribution is 2.22. The molecular formula is C17H16ClNO2. The molecule has 3 nitrogen and oxygen atoms in total. The number of rotatable bonds is 3. The van der Waals surface area contributed by atoms with Gasteiger partial charge in [0.15, 0.2) is 0 Å². The van der Waals surface area contributed by atoms with Crippen molar-refractivity contribution in [2.24, 2.45) is 0 Å². The number of carboxylic acids is 1. The Morgan fingerprint density at radius 3 is 2.81 bits per heavy atom. The molecule has 1 N–H and O–H groups in total. The lowest BCUT2D eigenvalue weighted by atomic mass is 9.97. The maximum Gasteiger partial charge on any atom is 0.335 e. The molecule has 21 heavy (non-hydrogen) atoms. The topological polar surface area (TPSA) is 40.5 Å². The van der Waals surface area contributed by atoms with E-state index in [1.165, 1.54) is 11.1 Å². The van der Waals surface area contributed by atoms with Crippen molar-refractivity contribution in [1.82, 2.24) is 4.90 Å². The standard InChI is InChI=1S/C17H16ClNO2/c18-16-3-1-2-12(8-16)10-19-7-6-13-4-5-14(17(20)21)9-15(13)11-19/h1-5,8-9H,6-7,10-11H2,(H,20,21). The van der Waals surface area contributed by atoms with Crippen molar-refractivity contribution >= 4 is 17.6 Å². The van der Waals surface area contributed by atoms with Crippen LogP contribution in [0.15, 0.2) is 42.5 Å². The average Bonchev–Trinajstić information content (AvgIpc) is 2.46. The van der Waals surface area contributed by atoms with Gasteiger partial charge >= 0.3 is 5.97 Å². The van der Waals surface area contributed by atoms with E-state index in [1.54, 1.807) is 12.1 Å². The molecule has 1 heterocycles. The van der Waals surface area contributed by atoms with Gasteiger partial charge in [0.25, 0.3) is 0 Å². The number of carbonyl (C=O) groups is 1. The van der Waals surface area contributed by atoms with E-state index >= 15 is 0 Å². The second-order valence-corrected chi connectivity index (χ2v) is 5.82. The van der Waals surface area contributed by atoms with Crippen LogP contribution in [0.1, 0.15) is 27.0 Å². The molecule has 4 heteroatoms. The van der Waals surface area contributed by atoms with E-state index in [0.29, 0.717) is 5.56 Å². The Morgan fingerprint density at radius 2 is 2.05 bits per heavy atom. The van der Waals surface area contributed by atoms with E-state index in [-0.39, 0.29) is 0 Å². The predicted molar refractivity (Wildman–Crippen MR) is 82.7 cm³/mol. The quantitative estimate of drug-likeness (QED) is 0.942. The molecular weight excluding hydrogens is 286 g/mol. The van der Waals surface area contributed by atoms with Gasteiger partial charge in [-0.1, -0.05) is 29.8 Å². The van der Waals surface area contributed by atoms with Crippen molar-refractivity contribution in [3.63, 3.8) is 0 Å². The Balaban J connectivity index is 1.77. The van der Waals surface area contributed by atoms with Gasteiger partial charge in [0.2, 0.25) is 0 Å². The number of nitrogens with zero attached hydrogens (tertiary/aromatic N) is 1. The highest BCUT2D eigenvalue weighted by atomic mass is 35.5. The van der Waals surface area contributed by atoms with Crippen LogP contribution in [-0.2, 0) is 19.5 Å². The van der Waals surface area contributed by atoms with Crippen LogP contribution in [0.4, 0.5) is 0 Å². The minimum absolute atomic E-state index is 0.360. The predicted octanol–water partition coefficient (Wildman–Crippen LogP) is 3.60. The van der Waals surface area contributed by atoms with Gasteiger partial charge in [-0.25, -0.2) is 4.79 Å². The zero-order chi connectivity index (χ0) is 14.8. The number of aromatic carboxylic acids is 1. The number of carboxylic acid groups (broad SMARTS) is 1. The number of hydrogen-bond donors (Lipinski definition) is 1. The largest absolute Gasteiger partial charge is 0.478 e. The lowest BCUT2D eigenvalue weighted by Gasteiger charge is -2.29. The van der Waals surface area contributed by atoms with Crippen LogP contribution in [0.5, 0.6) is 0 Å². The molecule has 0 aromatic heterocycles. The van der Waals surface area contributed by atoms with Crippen LogP contribution in [0.2, 0.25) is 5.02 Å². The van der Waals surface area contributed by atoms with Crippen LogP contribution in [0.25, 0.3) is 0 Å². The first-order valence-corrected chi connectivity index (χ1v) is 7.31. The fourth-order valence-corrected chi connectivity index (χ4v) is 2.99. The number of halogens is 1. The molecule has 1 aliphatic rings. The first-order valence-electron chi connectivity index (χ1n) is 6.94. The van der Waals surface area contributed by atoms with Gasteiger partial charge in [0.1, 0.15) is 0 Å². The molecule has 0 saturated carbocycles. The minimum atomic E-state index is -0.871. The van der Waals surface area contributed by atoms with Gasteiger partial charge in [0, 0.05) is 24.7 Å². The van der Waals surface area contributed by atoms with E-state index in [1.807, 2.05) is 24.3 Å². The molecule has 0 spiro atoms. The van der Waals surface area contributed by atoms with E-state index in [0.717, 1.165) is 36.6 Å². The molecule has 0 fully saturated rings. The van der Waals surface area contributed by atoms with Crippen molar-refractivity contribution in [3.8, 4) is 0 Å². The molecule has 0 atom stereocenters. The molecule has 3 rings (SSSR count). The molecule has 2 aromatic rings. The Hall–Kier alpha value is -1.84. The van der Waals surface area contributed by atoms with Gasteiger partial charge in [-0.15, -0.1) is 0 Å². The third-order valence-electron chi connectivity index (χ3n) is 3.84. The van der Waals surface area contributed by atoms with Crippen molar-refractivity contribution in [2.45, 2.75) is 19.5 Å². The van der Waals surface area contributed by atoms with Crippen molar-refractivity contribution in [2.75, 3.05) is 6.54 Å². The summed E-state index contributed by atoms with van der Waals surface area (Å²) in [5, 5.41) is 9.84. The zero-order valence-electron chi connectivity index (χ0n) is 11.6. The zero-order valence-corrected chi connectivity index (χ0v) is 12.3. The van der Waals surface area contributed by atoms with Crippen molar-refractivity contribution in [3.05, 3.63) is 69.7 Å². The minimum Gasteiger partial charge on any atom is -0.478 e. The van der Waals surface area contributed by atoms with Gasteiger partial charge in [-0.2, -0.15) is 0 Å². The van der Waals surface area contributed by atoms with Crippen molar-refractivity contribution < 1.29 is 9.90 Å². The molecule has 0 saturated heterocycles. The Labute approximate surface area is 128 Å². The molecule has 0 bridgehead atoms. The SMILES string of the molecule is O=C(O)c1ccc2c(c1)CN(Cc1cccc(Cl)c1)CC2. The first-order chi connectivity index (χ1) is 10.1. The van der Waals surface area contributed by atoms with Crippen molar-refractivity contribution in [1.29, 1.82) is 0 Å². The monoisotopic (exact) mass is 301 g/mol. The summed E-state index contributed by atoms with van der Waals surface area (Å²) in [6, 6.07) is 13.3. The maximum atomic E-state index is 11.1. The van der Waals surface area contributed by atoms with Gasteiger partial charge in [0.05, 0.1) is 5.56 Å². The smallest absolute Gasteiger partial charge is 0.335 e. The summed E-state index contributed by atoms with van der Waals surface area (Å²) in [6.45, 7) is 2.59. The van der Waals surface area contributed by atoms with Gasteiger partial charge < -0.3 is 5.11 Å². The number of hydrogen-bond acceptors (Lipinski definition) is 2. The number of fused-ring (bicyclic) bond motifs is 1. The second-order valence-electron chi connectivity index (χ2n) is 5.38. The fourth-order valence-electron chi connectivity index (χ4n) is 2.78. The third-order valence-corrected chi connectivity index (χ3v) is 4.07. The molecule has 1 aliphatic heterocycles. The van der Waals surface area contributed by atoms with Crippen LogP contribution in [-0.4, -0.2) is 22.5 Å². The molecule has 2 aromatic carbocycles. The summed E-state index contributed by atoms with van der Waals surface area (Å²) >= 11 is 6.02. The van der Waals surface area contributed by atoms with E-state index in [4.69, 9.17) is 16.7 Å². The molecule has 108 valence electrons. The maximum absolute atomic E-state index is 11.1. The first kappa shape index (κ1) is 14.1. The molecule has 0 unspecified atom stereocenters. The molecule has 0 aliphatic carbocycles. The fraction of sp³-hybridized carbons (Fsp3) is 0.235. The Morgan fingerprint density at radius 1 is 1.19 bits per heavy atom. The van der Waals surface area contributed by atoms with Crippen LogP contribution in [0.3, 0.4) is 0 Å². The Bertz CT molecular complexity index is 684. The molecule has 0 radical (unpaired) electrons. The van der Waals surface area contributed by atoms with Crippen LogP contribution < -0.4 is 0 Å². The van der Waals surface area contributed by atoms with Gasteiger partial charge in [-0.3, -0.25) is 4.90 Å². The van der Waals surface area contributed by atoms with Gasteiger partial charge in [-0.05, 0) is 47.4 Å². The second kappa shape index (κ2) is 5.88. The highest BCUT2D eigenvalue weighted by molar-refractivity contribution is 6.30. The normalized spacial score (nSPS) is 14.7. The number of benzene rings is 2. The molecule has 0 amide bonds. The summed E-state index contributed by atoms with van der Waals surface area (Å²) < 4.78 is 0. The van der Waals surface area contributed by atoms with E-state index < -0.39 is 5.97 Å². The van der Waals surface area contributed by atoms with Crippen LogP contribution in [0, 0.1) is 0 Å². The van der Waals surface area contributed by atoms with Crippen LogP contribution >= 0.6 is 11.6 Å². The summed E-state index contributed by atoms with van der Waals surface area (Å²) in [5.41, 5.74) is 3.91. The lowest BCUT2D eigenvalue weighted by molar-refractivity contribution is 0.0696. The lowest BCUT2D eigenvalue weighted by Crippen LogP contribution is -2.30. The highest BCUT2D eigenvalue weighted by Gasteiger charge is 2.18. The van der Waals surface area contributed by atoms with E-state index in [2.05, 4.69) is 11.0 Å². The summed E-state index contributed by atoms with van der Waals surface area (Å²) in [7, 11) is 0. The average molecular weight is 302 g/mol. The third kappa shape index (κ3) is 3.26. The Kier molecular flexibility index (Phi) is 3.95. The summed E-state index contributed by atoms with van der Waals surface area (Å²) in [4.78, 5) is 13.4. The van der Waals surface area contributed by atoms with E-state index in [9.17, 15) is 4.79 Å².